The summed E-state index contributed by atoms with van der Waals surface area (Å²) in [6.45, 7) is 0. The van der Waals surface area contributed by atoms with Crippen LogP contribution in [0.5, 0.6) is 0 Å². The Morgan fingerprint density at radius 1 is 1.73 bits per heavy atom. The molecule has 0 bridgehead atoms. The quantitative estimate of drug-likeness (QED) is 0.465. The van der Waals surface area contributed by atoms with Crippen LogP contribution in [0.3, 0.4) is 0 Å². The highest BCUT2D eigenvalue weighted by molar-refractivity contribution is 9.10. The molecule has 0 fully saturated rings. The zero-order chi connectivity index (χ0) is 7.84. The second kappa shape index (κ2) is 2.75. The van der Waals surface area contributed by atoms with Crippen molar-refractivity contribution in [2.45, 2.75) is 16.6 Å². The molecule has 0 spiro atoms. The third-order valence-electron chi connectivity index (χ3n) is 1.79. The summed E-state index contributed by atoms with van der Waals surface area (Å²) in [5.74, 6) is 0.280. The minimum Gasteiger partial charge on any atom is -0.290 e. The lowest BCUT2D eigenvalue weighted by molar-refractivity contribution is -0.454. The number of Topliss-reactive ketones (excluding diaryl/α,β-unsaturated/α-hetero) is 1. The topological polar surface area (TPSA) is 20.1 Å². The van der Waals surface area contributed by atoms with Gasteiger partial charge in [-0.05, 0) is 11.8 Å². The second-order valence-corrected chi connectivity index (χ2v) is 4.61. The summed E-state index contributed by atoms with van der Waals surface area (Å²) in [7, 11) is 0. The van der Waals surface area contributed by atoms with Crippen LogP contribution in [-0.2, 0) is 4.79 Å². The predicted octanol–water partition coefficient (Wildman–Crippen LogP) is 1.35. The van der Waals surface area contributed by atoms with Gasteiger partial charge in [0.2, 0.25) is 5.78 Å². The van der Waals surface area contributed by atoms with E-state index in [0.29, 0.717) is 0 Å². The Balaban J connectivity index is 2.31. The number of hydrogen-bond acceptors (Lipinski definition) is 2. The van der Waals surface area contributed by atoms with Crippen LogP contribution in [-0.4, -0.2) is 26.8 Å². The highest BCUT2D eigenvalue weighted by atomic mass is 79.9. The van der Waals surface area contributed by atoms with Gasteiger partial charge in [-0.3, -0.25) is 4.79 Å². The average molecular weight is 233 g/mol. The van der Waals surface area contributed by atoms with E-state index in [1.807, 2.05) is 16.2 Å². The van der Waals surface area contributed by atoms with Gasteiger partial charge < -0.3 is 0 Å². The largest absolute Gasteiger partial charge is 0.290 e. The molecule has 2 nitrogen and oxygen atoms in total. The predicted molar refractivity (Wildman–Crippen MR) is 49.2 cm³/mol. The lowest BCUT2D eigenvalue weighted by Crippen LogP contribution is -2.37. The number of thioether (sulfide) groups is 1. The molecule has 2 atom stereocenters. The lowest BCUT2D eigenvalue weighted by Gasteiger charge is -2.13. The molecule has 2 rings (SSSR count). The van der Waals surface area contributed by atoms with Crippen molar-refractivity contribution in [2.24, 2.45) is 0 Å². The van der Waals surface area contributed by atoms with Gasteiger partial charge in [-0.1, -0.05) is 15.9 Å². The van der Waals surface area contributed by atoms with E-state index < -0.39 is 0 Å². The number of carbonyl (C=O) groups is 1. The number of hydrogen-bond donors (Lipinski definition) is 0. The first-order valence-electron chi connectivity index (χ1n) is 3.40. The van der Waals surface area contributed by atoms with Gasteiger partial charge in [-0.2, -0.15) is 4.58 Å². The molecular formula is C7H7BrNOS+. The number of alkyl halides is 1. The maximum atomic E-state index is 11.4. The minimum atomic E-state index is 0.00752. The number of carbonyl (C=O) groups excluding carboxylic acids is 1. The molecule has 11 heavy (non-hydrogen) atoms. The number of ketones is 1. The molecule has 4 heteroatoms. The Kier molecular flexibility index (Phi) is 1.89. The SMILES string of the molecule is O=C1C(Br)CC=[N+]2C=CSC12. The molecule has 0 aromatic carbocycles. The summed E-state index contributed by atoms with van der Waals surface area (Å²) < 4.78 is 1.98. The molecule has 0 aromatic rings. The average Bonchev–Trinajstić information content (AvgIpc) is 2.45. The molecule has 0 N–H and O–H groups in total. The molecule has 58 valence electrons. The molecule has 2 aliphatic rings. The van der Waals surface area contributed by atoms with Crippen LogP contribution in [0, 0.1) is 0 Å². The summed E-state index contributed by atoms with van der Waals surface area (Å²) in [5, 5.41) is 1.97. The monoisotopic (exact) mass is 232 g/mol. The molecule has 2 aliphatic heterocycles. The van der Waals surface area contributed by atoms with E-state index in [2.05, 4.69) is 22.1 Å². The minimum absolute atomic E-state index is 0.00752. The Hall–Kier alpha value is -0.0900. The number of nitrogens with zero attached hydrogens (tertiary/aromatic N) is 1. The highest BCUT2D eigenvalue weighted by Crippen LogP contribution is 2.27. The van der Waals surface area contributed by atoms with Gasteiger partial charge in [0.25, 0.3) is 5.37 Å². The van der Waals surface area contributed by atoms with Crippen molar-refractivity contribution in [2.75, 3.05) is 0 Å². The number of rotatable bonds is 0. The number of fused-ring (bicyclic) bond motifs is 1. The summed E-state index contributed by atoms with van der Waals surface area (Å²) in [4.78, 5) is 11.5. The first-order chi connectivity index (χ1) is 5.29. The van der Waals surface area contributed by atoms with Crippen molar-refractivity contribution in [1.29, 1.82) is 0 Å². The van der Waals surface area contributed by atoms with Gasteiger partial charge in [0, 0.05) is 11.8 Å². The maximum absolute atomic E-state index is 11.4. The molecular weight excluding hydrogens is 226 g/mol. The molecule has 0 saturated carbocycles. The van der Waals surface area contributed by atoms with Crippen molar-refractivity contribution >= 4 is 39.7 Å². The van der Waals surface area contributed by atoms with E-state index in [-0.39, 0.29) is 16.0 Å². The van der Waals surface area contributed by atoms with Crippen molar-refractivity contribution in [3.63, 3.8) is 0 Å². The summed E-state index contributed by atoms with van der Waals surface area (Å²) in [6, 6.07) is 0. The normalized spacial score (nSPS) is 35.4. The maximum Gasteiger partial charge on any atom is 0.267 e. The molecule has 0 aliphatic carbocycles. The van der Waals surface area contributed by atoms with Crippen molar-refractivity contribution in [3.8, 4) is 0 Å². The van der Waals surface area contributed by atoms with Gasteiger partial charge in [0.15, 0.2) is 6.20 Å². The van der Waals surface area contributed by atoms with Gasteiger partial charge in [-0.25, -0.2) is 0 Å². The highest BCUT2D eigenvalue weighted by Gasteiger charge is 2.39. The van der Waals surface area contributed by atoms with E-state index >= 15 is 0 Å². The first kappa shape index (κ1) is 7.55. The van der Waals surface area contributed by atoms with E-state index in [1.165, 1.54) is 0 Å². The van der Waals surface area contributed by atoms with Gasteiger partial charge in [-0.15, -0.1) is 0 Å². The Bertz CT molecular complexity index is 261. The van der Waals surface area contributed by atoms with Crippen molar-refractivity contribution in [3.05, 3.63) is 11.6 Å². The third-order valence-corrected chi connectivity index (χ3v) is 3.62. The zero-order valence-corrected chi connectivity index (χ0v) is 8.14. The Morgan fingerprint density at radius 2 is 2.55 bits per heavy atom. The van der Waals surface area contributed by atoms with Gasteiger partial charge >= 0.3 is 0 Å². The summed E-state index contributed by atoms with van der Waals surface area (Å²) in [5.41, 5.74) is 0. The Labute approximate surface area is 77.5 Å². The lowest BCUT2D eigenvalue weighted by atomic mass is 10.2. The smallest absolute Gasteiger partial charge is 0.267 e. The molecule has 0 radical (unpaired) electrons. The fourth-order valence-corrected chi connectivity index (χ4v) is 2.73. The van der Waals surface area contributed by atoms with Crippen LogP contribution >= 0.6 is 27.7 Å². The Morgan fingerprint density at radius 3 is 3.36 bits per heavy atom. The summed E-state index contributed by atoms with van der Waals surface area (Å²) >= 11 is 4.91. The zero-order valence-electron chi connectivity index (χ0n) is 5.74. The summed E-state index contributed by atoms with van der Waals surface area (Å²) in [6.07, 6.45) is 4.81. The van der Waals surface area contributed by atoms with Crippen LogP contribution in [0.1, 0.15) is 6.42 Å². The van der Waals surface area contributed by atoms with E-state index in [4.69, 9.17) is 0 Å². The third kappa shape index (κ3) is 1.18. The second-order valence-electron chi connectivity index (χ2n) is 2.51. The van der Waals surface area contributed by atoms with Crippen LogP contribution in [0.4, 0.5) is 0 Å². The van der Waals surface area contributed by atoms with Crippen molar-refractivity contribution < 1.29 is 9.37 Å². The van der Waals surface area contributed by atoms with Gasteiger partial charge in [0.05, 0.1) is 4.83 Å². The first-order valence-corrected chi connectivity index (χ1v) is 5.25. The van der Waals surface area contributed by atoms with E-state index in [9.17, 15) is 4.79 Å². The molecule has 2 heterocycles. The van der Waals surface area contributed by atoms with Crippen LogP contribution in [0.2, 0.25) is 0 Å². The molecule has 2 unspecified atom stereocenters. The van der Waals surface area contributed by atoms with Crippen molar-refractivity contribution in [1.82, 2.24) is 0 Å². The fourth-order valence-electron chi connectivity index (χ4n) is 1.18. The standard InChI is InChI=1S/C7H7BrNOS/c8-5-1-2-9-3-4-11-7(9)6(5)10/h2-5,7H,1H2/q+1. The van der Waals surface area contributed by atoms with Crippen LogP contribution in [0.15, 0.2) is 11.6 Å². The van der Waals surface area contributed by atoms with Gasteiger partial charge in [0.1, 0.15) is 6.21 Å². The number of halogens is 1. The molecule has 0 aromatic heterocycles. The fraction of sp³-hybridized carbons (Fsp3) is 0.429. The molecule has 0 amide bonds. The van der Waals surface area contributed by atoms with Crippen LogP contribution in [0.25, 0.3) is 0 Å². The van der Waals surface area contributed by atoms with E-state index in [0.717, 1.165) is 6.42 Å². The van der Waals surface area contributed by atoms with Crippen LogP contribution < -0.4 is 0 Å². The van der Waals surface area contributed by atoms with E-state index in [1.54, 1.807) is 11.8 Å². The molecule has 0 saturated heterocycles.